The molecule has 0 fully saturated rings. The summed E-state index contributed by atoms with van der Waals surface area (Å²) in [5.41, 5.74) is 1.16. The molecule has 0 aliphatic rings. The second kappa shape index (κ2) is 10.9. The van der Waals surface area contributed by atoms with Gasteiger partial charge in [-0.2, -0.15) is 0 Å². The van der Waals surface area contributed by atoms with Crippen LogP contribution in [0.1, 0.15) is 26.3 Å². The van der Waals surface area contributed by atoms with Gasteiger partial charge in [-0.1, -0.05) is 12.1 Å². The second-order valence-corrected chi connectivity index (χ2v) is 5.80. The quantitative estimate of drug-likeness (QED) is 0.709. The summed E-state index contributed by atoms with van der Waals surface area (Å²) in [7, 11) is 1.68. The van der Waals surface area contributed by atoms with Crippen LogP contribution in [-0.4, -0.2) is 61.7 Å². The Morgan fingerprint density at radius 1 is 1.25 bits per heavy atom. The molecule has 0 saturated heterocycles. The van der Waals surface area contributed by atoms with Gasteiger partial charge in [0.05, 0.1) is 19.8 Å². The van der Waals surface area contributed by atoms with Gasteiger partial charge in [-0.05, 0) is 44.9 Å². The zero-order valence-corrected chi connectivity index (χ0v) is 15.0. The average molecular weight is 339 g/mol. The maximum Gasteiger partial charge on any atom is 0.410 e. The molecule has 0 aliphatic heterocycles. The molecule has 0 spiro atoms. The normalized spacial score (nSPS) is 12.1. The van der Waals surface area contributed by atoms with E-state index in [2.05, 4.69) is 0 Å². The van der Waals surface area contributed by atoms with Gasteiger partial charge in [0, 0.05) is 13.2 Å². The SMILES string of the molecule is CCOC(=O)N(CC(O)COc1ccc(CCOC)cc1)C(C)C. The molecule has 0 aliphatic carbocycles. The van der Waals surface area contributed by atoms with E-state index in [1.807, 2.05) is 38.1 Å². The zero-order chi connectivity index (χ0) is 17.9. The van der Waals surface area contributed by atoms with Gasteiger partial charge in [0.1, 0.15) is 18.5 Å². The van der Waals surface area contributed by atoms with Crippen molar-refractivity contribution < 1.29 is 24.1 Å². The third-order valence-corrected chi connectivity index (χ3v) is 3.49. The maximum absolute atomic E-state index is 11.9. The number of aliphatic hydroxyl groups excluding tert-OH is 1. The Morgan fingerprint density at radius 2 is 1.92 bits per heavy atom. The Labute approximate surface area is 144 Å². The van der Waals surface area contributed by atoms with Crippen LogP contribution in [0.25, 0.3) is 0 Å². The first-order valence-corrected chi connectivity index (χ1v) is 8.30. The molecule has 1 aromatic carbocycles. The summed E-state index contributed by atoms with van der Waals surface area (Å²) >= 11 is 0. The molecule has 0 saturated carbocycles. The summed E-state index contributed by atoms with van der Waals surface area (Å²) in [4.78, 5) is 13.4. The van der Waals surface area contributed by atoms with E-state index in [0.29, 0.717) is 19.0 Å². The number of amides is 1. The van der Waals surface area contributed by atoms with E-state index < -0.39 is 12.2 Å². The van der Waals surface area contributed by atoms with Gasteiger partial charge in [-0.15, -0.1) is 0 Å². The lowest BCUT2D eigenvalue weighted by atomic mass is 10.1. The van der Waals surface area contributed by atoms with Crippen molar-refractivity contribution in [3.05, 3.63) is 29.8 Å². The van der Waals surface area contributed by atoms with Gasteiger partial charge >= 0.3 is 6.09 Å². The smallest absolute Gasteiger partial charge is 0.410 e. The van der Waals surface area contributed by atoms with Crippen molar-refractivity contribution in [3.8, 4) is 5.75 Å². The second-order valence-electron chi connectivity index (χ2n) is 5.80. The summed E-state index contributed by atoms with van der Waals surface area (Å²) in [5.74, 6) is 0.683. The number of rotatable bonds is 10. The van der Waals surface area contributed by atoms with Crippen LogP contribution in [0.15, 0.2) is 24.3 Å². The number of nitrogens with zero attached hydrogens (tertiary/aromatic N) is 1. The van der Waals surface area contributed by atoms with Crippen molar-refractivity contribution in [2.45, 2.75) is 39.3 Å². The van der Waals surface area contributed by atoms with E-state index >= 15 is 0 Å². The number of aliphatic hydroxyl groups is 1. The first-order valence-electron chi connectivity index (χ1n) is 8.30. The molecule has 1 rings (SSSR count). The molecular formula is C18H29NO5. The number of hydrogen-bond donors (Lipinski definition) is 1. The van der Waals surface area contributed by atoms with E-state index in [1.54, 1.807) is 14.0 Å². The van der Waals surface area contributed by atoms with Gasteiger partial charge in [-0.25, -0.2) is 4.79 Å². The molecule has 0 aromatic heterocycles. The summed E-state index contributed by atoms with van der Waals surface area (Å²) in [6.07, 6.45) is -0.360. The molecule has 0 radical (unpaired) electrons. The van der Waals surface area contributed by atoms with Crippen LogP contribution in [0, 0.1) is 0 Å². The third kappa shape index (κ3) is 7.19. The molecule has 1 aromatic rings. The largest absolute Gasteiger partial charge is 0.491 e. The Balaban J connectivity index is 2.46. The van der Waals surface area contributed by atoms with Crippen molar-refractivity contribution >= 4 is 6.09 Å². The van der Waals surface area contributed by atoms with Crippen LogP contribution in [-0.2, 0) is 15.9 Å². The summed E-state index contributed by atoms with van der Waals surface area (Å²) < 4.78 is 15.6. The van der Waals surface area contributed by atoms with Crippen LogP contribution in [0.2, 0.25) is 0 Å². The fourth-order valence-corrected chi connectivity index (χ4v) is 2.15. The highest BCUT2D eigenvalue weighted by atomic mass is 16.6. The summed E-state index contributed by atoms with van der Waals surface area (Å²) in [5, 5.41) is 10.1. The number of methoxy groups -OCH3 is 1. The summed E-state index contributed by atoms with van der Waals surface area (Å²) in [6, 6.07) is 7.62. The fourth-order valence-electron chi connectivity index (χ4n) is 2.15. The maximum atomic E-state index is 11.9. The molecule has 1 N–H and O–H groups in total. The molecule has 6 heteroatoms. The van der Waals surface area contributed by atoms with Crippen molar-refractivity contribution in [2.75, 3.05) is 33.5 Å². The monoisotopic (exact) mass is 339 g/mol. The molecule has 1 unspecified atom stereocenters. The highest BCUT2D eigenvalue weighted by Crippen LogP contribution is 2.13. The van der Waals surface area contributed by atoms with E-state index in [1.165, 1.54) is 4.90 Å². The minimum atomic E-state index is -0.787. The third-order valence-electron chi connectivity index (χ3n) is 3.49. The number of carbonyl (C=O) groups is 1. The van der Waals surface area contributed by atoms with E-state index in [4.69, 9.17) is 14.2 Å². The molecule has 6 nitrogen and oxygen atoms in total. The molecule has 0 bridgehead atoms. The minimum Gasteiger partial charge on any atom is -0.491 e. The van der Waals surface area contributed by atoms with Crippen LogP contribution in [0.4, 0.5) is 4.79 Å². The molecule has 1 amide bonds. The Hall–Kier alpha value is -1.79. The van der Waals surface area contributed by atoms with Crippen molar-refractivity contribution in [1.29, 1.82) is 0 Å². The van der Waals surface area contributed by atoms with Gasteiger partial charge in [-0.3, -0.25) is 0 Å². The van der Waals surface area contributed by atoms with Crippen molar-refractivity contribution in [3.63, 3.8) is 0 Å². The highest BCUT2D eigenvalue weighted by molar-refractivity contribution is 5.67. The minimum absolute atomic E-state index is 0.0567. The first kappa shape index (κ1) is 20.3. The zero-order valence-electron chi connectivity index (χ0n) is 15.0. The lowest BCUT2D eigenvalue weighted by molar-refractivity contribution is 0.0443. The van der Waals surface area contributed by atoms with Crippen LogP contribution < -0.4 is 4.74 Å². The highest BCUT2D eigenvalue weighted by Gasteiger charge is 2.21. The fraction of sp³-hybridized carbons (Fsp3) is 0.611. The molecular weight excluding hydrogens is 310 g/mol. The van der Waals surface area contributed by atoms with Gasteiger partial charge in [0.25, 0.3) is 0 Å². The van der Waals surface area contributed by atoms with Crippen LogP contribution in [0.5, 0.6) is 5.75 Å². The molecule has 1 atom stereocenters. The van der Waals surface area contributed by atoms with E-state index in [9.17, 15) is 9.90 Å². The number of hydrogen-bond acceptors (Lipinski definition) is 5. The van der Waals surface area contributed by atoms with E-state index in [0.717, 1.165) is 12.0 Å². The Bertz CT molecular complexity index is 475. The number of benzene rings is 1. The lowest BCUT2D eigenvalue weighted by Gasteiger charge is -2.27. The molecule has 0 heterocycles. The predicted octanol–water partition coefficient (Wildman–Crippen LogP) is 2.48. The van der Waals surface area contributed by atoms with Crippen molar-refractivity contribution in [1.82, 2.24) is 4.90 Å². The number of carbonyl (C=O) groups excluding carboxylic acids is 1. The lowest BCUT2D eigenvalue weighted by Crippen LogP contribution is -2.44. The Morgan fingerprint density at radius 3 is 2.46 bits per heavy atom. The molecule has 136 valence electrons. The topological polar surface area (TPSA) is 68.2 Å². The van der Waals surface area contributed by atoms with Gasteiger partial charge in [0.2, 0.25) is 0 Å². The average Bonchev–Trinajstić information content (AvgIpc) is 2.56. The van der Waals surface area contributed by atoms with Gasteiger partial charge < -0.3 is 24.2 Å². The number of ether oxygens (including phenoxy) is 3. The first-order chi connectivity index (χ1) is 11.5. The summed E-state index contributed by atoms with van der Waals surface area (Å²) in [6.45, 7) is 6.78. The molecule has 24 heavy (non-hydrogen) atoms. The Kier molecular flexibility index (Phi) is 9.19. The standard InChI is InChI=1S/C18H29NO5/c1-5-23-18(21)19(14(2)3)12-16(20)13-24-17-8-6-15(7-9-17)10-11-22-4/h6-9,14,16,20H,5,10-13H2,1-4H3. The van der Waals surface area contributed by atoms with Gasteiger partial charge in [0.15, 0.2) is 0 Å². The van der Waals surface area contributed by atoms with E-state index in [-0.39, 0.29) is 19.2 Å². The van der Waals surface area contributed by atoms with Crippen LogP contribution >= 0.6 is 0 Å². The predicted molar refractivity (Wildman–Crippen MR) is 92.4 cm³/mol. The van der Waals surface area contributed by atoms with Crippen LogP contribution in [0.3, 0.4) is 0 Å². The van der Waals surface area contributed by atoms with Crippen molar-refractivity contribution in [2.24, 2.45) is 0 Å².